The van der Waals surface area contributed by atoms with Crippen LogP contribution < -0.4 is 5.32 Å². The van der Waals surface area contributed by atoms with Crippen LogP contribution in [0.5, 0.6) is 0 Å². The van der Waals surface area contributed by atoms with E-state index >= 15 is 0 Å². The molecule has 0 spiro atoms. The van der Waals surface area contributed by atoms with Crippen LogP contribution in [-0.2, 0) is 7.05 Å². The number of aryl methyl sites for hydroxylation is 1. The van der Waals surface area contributed by atoms with E-state index < -0.39 is 0 Å². The lowest BCUT2D eigenvalue weighted by molar-refractivity contribution is 0.0717. The maximum atomic E-state index is 12.5. The van der Waals surface area contributed by atoms with Crippen molar-refractivity contribution in [3.05, 3.63) is 23.0 Å². The first-order chi connectivity index (χ1) is 9.11. The van der Waals surface area contributed by atoms with E-state index in [0.29, 0.717) is 16.6 Å². The summed E-state index contributed by atoms with van der Waals surface area (Å²) in [5.41, 5.74) is 0.667. The summed E-state index contributed by atoms with van der Waals surface area (Å²) in [6.45, 7) is 5.74. The van der Waals surface area contributed by atoms with Crippen LogP contribution in [0.15, 0.2) is 12.3 Å². The molecule has 1 amide bonds. The highest BCUT2D eigenvalue weighted by molar-refractivity contribution is 6.31. The van der Waals surface area contributed by atoms with E-state index in [9.17, 15) is 4.79 Å². The van der Waals surface area contributed by atoms with Crippen molar-refractivity contribution in [3.8, 4) is 0 Å². The van der Waals surface area contributed by atoms with Crippen LogP contribution in [0, 0.1) is 5.92 Å². The lowest BCUT2D eigenvalue weighted by atomic mass is 9.97. The fourth-order valence-electron chi connectivity index (χ4n) is 2.63. The molecule has 106 valence electrons. The maximum absolute atomic E-state index is 12.5. The van der Waals surface area contributed by atoms with Crippen LogP contribution >= 0.6 is 11.6 Å². The second-order valence-corrected chi connectivity index (χ2v) is 5.63. The van der Waals surface area contributed by atoms with Crippen molar-refractivity contribution in [2.75, 3.05) is 26.2 Å². The van der Waals surface area contributed by atoms with Crippen LogP contribution in [0.1, 0.15) is 30.3 Å². The Labute approximate surface area is 119 Å². The number of nitrogens with one attached hydrogen (secondary N) is 1. The van der Waals surface area contributed by atoms with Crippen LogP contribution in [0.3, 0.4) is 0 Å². The van der Waals surface area contributed by atoms with Gasteiger partial charge in [0, 0.05) is 26.3 Å². The monoisotopic (exact) mass is 283 g/mol. The summed E-state index contributed by atoms with van der Waals surface area (Å²) in [6.07, 6.45) is 4.07. The first kappa shape index (κ1) is 14.4. The minimum absolute atomic E-state index is 0.0791. The molecule has 0 aromatic carbocycles. The summed E-state index contributed by atoms with van der Waals surface area (Å²) >= 11 is 5.95. The molecule has 1 N–H and O–H groups in total. The smallest absolute Gasteiger partial charge is 0.270 e. The highest BCUT2D eigenvalue weighted by Crippen LogP contribution is 2.18. The van der Waals surface area contributed by atoms with Crippen molar-refractivity contribution in [2.24, 2.45) is 13.0 Å². The Balaban J connectivity index is 2.04. The van der Waals surface area contributed by atoms with E-state index in [-0.39, 0.29) is 5.91 Å². The predicted molar refractivity (Wildman–Crippen MR) is 77.6 cm³/mol. The molecule has 4 nitrogen and oxygen atoms in total. The molecule has 1 fully saturated rings. The molecule has 0 saturated carbocycles. The molecule has 19 heavy (non-hydrogen) atoms. The van der Waals surface area contributed by atoms with Crippen LogP contribution in [-0.4, -0.2) is 41.6 Å². The van der Waals surface area contributed by atoms with Gasteiger partial charge in [-0.15, -0.1) is 0 Å². The second-order valence-electron chi connectivity index (χ2n) is 5.19. The second kappa shape index (κ2) is 6.44. The fourth-order valence-corrected chi connectivity index (χ4v) is 2.88. The molecule has 0 bridgehead atoms. The van der Waals surface area contributed by atoms with Gasteiger partial charge < -0.3 is 14.8 Å². The Morgan fingerprint density at radius 1 is 1.53 bits per heavy atom. The minimum Gasteiger partial charge on any atom is -0.345 e. The predicted octanol–water partition coefficient (Wildman–Crippen LogP) is 2.14. The van der Waals surface area contributed by atoms with Gasteiger partial charge >= 0.3 is 0 Å². The average molecular weight is 284 g/mol. The summed E-state index contributed by atoms with van der Waals surface area (Å²) in [7, 11) is 1.86. The zero-order chi connectivity index (χ0) is 13.8. The van der Waals surface area contributed by atoms with E-state index in [1.54, 1.807) is 16.8 Å². The Hall–Kier alpha value is -1.00. The van der Waals surface area contributed by atoms with Gasteiger partial charge in [0.15, 0.2) is 0 Å². The highest BCUT2D eigenvalue weighted by atomic mass is 35.5. The Bertz CT molecular complexity index is 438. The van der Waals surface area contributed by atoms with Gasteiger partial charge in [0.1, 0.15) is 5.69 Å². The average Bonchev–Trinajstić information content (AvgIpc) is 2.75. The molecule has 0 unspecified atom stereocenters. The molecule has 1 aliphatic rings. The van der Waals surface area contributed by atoms with Crippen LogP contribution in [0.2, 0.25) is 5.02 Å². The normalized spacial score (nSPS) is 16.6. The minimum atomic E-state index is 0.0791. The number of hydrogen-bond acceptors (Lipinski definition) is 2. The third kappa shape index (κ3) is 3.51. The largest absolute Gasteiger partial charge is 0.345 e. The zero-order valence-corrected chi connectivity index (χ0v) is 12.4. The van der Waals surface area contributed by atoms with E-state index in [0.717, 1.165) is 39.0 Å². The number of carbonyl (C=O) groups is 1. The number of hydrogen-bond donors (Lipinski definition) is 1. The molecular formula is C14H22ClN3O. The first-order valence-electron chi connectivity index (χ1n) is 6.93. The van der Waals surface area contributed by atoms with E-state index in [1.807, 2.05) is 18.9 Å². The molecule has 2 heterocycles. The van der Waals surface area contributed by atoms with Crippen molar-refractivity contribution in [1.29, 1.82) is 0 Å². The molecular weight excluding hydrogens is 262 g/mol. The first-order valence-corrected chi connectivity index (χ1v) is 7.31. The van der Waals surface area contributed by atoms with E-state index in [2.05, 4.69) is 5.32 Å². The molecule has 2 rings (SSSR count). The van der Waals surface area contributed by atoms with Crippen molar-refractivity contribution in [2.45, 2.75) is 19.8 Å². The van der Waals surface area contributed by atoms with Crippen molar-refractivity contribution in [3.63, 3.8) is 0 Å². The number of carbonyl (C=O) groups excluding carboxylic acids is 1. The highest BCUT2D eigenvalue weighted by Gasteiger charge is 2.22. The van der Waals surface area contributed by atoms with Gasteiger partial charge in [-0.25, -0.2) is 0 Å². The van der Waals surface area contributed by atoms with Gasteiger partial charge in [-0.3, -0.25) is 4.79 Å². The fraction of sp³-hybridized carbons (Fsp3) is 0.643. The number of rotatable bonds is 4. The number of amides is 1. The number of piperidine rings is 1. The van der Waals surface area contributed by atoms with Gasteiger partial charge in [0.05, 0.1) is 5.02 Å². The van der Waals surface area contributed by atoms with Crippen molar-refractivity contribution in [1.82, 2.24) is 14.8 Å². The van der Waals surface area contributed by atoms with Gasteiger partial charge in [-0.05, 0) is 44.8 Å². The Morgan fingerprint density at radius 3 is 2.74 bits per heavy atom. The maximum Gasteiger partial charge on any atom is 0.270 e. The van der Waals surface area contributed by atoms with Crippen molar-refractivity contribution < 1.29 is 4.79 Å². The lowest BCUT2D eigenvalue weighted by Crippen LogP contribution is -2.39. The zero-order valence-electron chi connectivity index (χ0n) is 11.7. The molecule has 1 aromatic heterocycles. The summed E-state index contributed by atoms with van der Waals surface area (Å²) < 4.78 is 1.80. The van der Waals surface area contributed by atoms with Crippen LogP contribution in [0.4, 0.5) is 0 Å². The number of halogens is 1. The topological polar surface area (TPSA) is 37.3 Å². The SMILES string of the molecule is CCN(CC1CCNCC1)C(=O)c1cc(Cl)cn1C. The molecule has 0 atom stereocenters. The molecule has 1 aromatic rings. The third-order valence-electron chi connectivity index (χ3n) is 3.80. The summed E-state index contributed by atoms with van der Waals surface area (Å²) in [5, 5.41) is 3.97. The molecule has 0 radical (unpaired) electrons. The number of aromatic nitrogens is 1. The standard InChI is InChI=1S/C14H22ClN3O/c1-3-18(9-11-4-6-16-7-5-11)14(19)13-8-12(15)10-17(13)2/h8,10-11,16H,3-7,9H2,1-2H3. The lowest BCUT2D eigenvalue weighted by Gasteiger charge is -2.29. The van der Waals surface area contributed by atoms with Gasteiger partial charge in [-0.2, -0.15) is 0 Å². The molecule has 0 aliphatic carbocycles. The quantitative estimate of drug-likeness (QED) is 0.919. The van der Waals surface area contributed by atoms with Gasteiger partial charge in [-0.1, -0.05) is 11.6 Å². The number of nitrogens with zero attached hydrogens (tertiary/aromatic N) is 2. The summed E-state index contributed by atoms with van der Waals surface area (Å²) in [5.74, 6) is 0.691. The Morgan fingerprint density at radius 2 is 2.21 bits per heavy atom. The van der Waals surface area contributed by atoms with Gasteiger partial charge in [0.2, 0.25) is 0 Å². The molecule has 1 saturated heterocycles. The van der Waals surface area contributed by atoms with Crippen LogP contribution in [0.25, 0.3) is 0 Å². The summed E-state index contributed by atoms with van der Waals surface area (Å²) in [6, 6.07) is 1.75. The van der Waals surface area contributed by atoms with E-state index in [4.69, 9.17) is 11.6 Å². The molecule has 5 heteroatoms. The third-order valence-corrected chi connectivity index (χ3v) is 4.00. The Kier molecular flexibility index (Phi) is 4.88. The van der Waals surface area contributed by atoms with E-state index in [1.165, 1.54) is 0 Å². The van der Waals surface area contributed by atoms with Gasteiger partial charge in [0.25, 0.3) is 5.91 Å². The summed E-state index contributed by atoms with van der Waals surface area (Å²) in [4.78, 5) is 14.4. The molecule has 1 aliphatic heterocycles. The van der Waals surface area contributed by atoms with Crippen molar-refractivity contribution >= 4 is 17.5 Å².